The number of Topliss-reactive ketones (excluding diaryl/α,β-unsaturated/α-hetero) is 1. The van der Waals surface area contributed by atoms with E-state index in [1.54, 1.807) is 12.1 Å². The van der Waals surface area contributed by atoms with Crippen LogP contribution in [0.5, 0.6) is 11.5 Å². The van der Waals surface area contributed by atoms with Gasteiger partial charge in [0.05, 0.1) is 18.2 Å². The number of ketones is 1. The lowest BCUT2D eigenvalue weighted by Crippen LogP contribution is -2.22. The number of rotatable bonds is 6. The van der Waals surface area contributed by atoms with E-state index in [4.69, 9.17) is 21.1 Å². The largest absolute Gasteiger partial charge is 0.490 e. The van der Waals surface area contributed by atoms with Gasteiger partial charge in [-0.3, -0.25) is 4.79 Å². The fourth-order valence-electron chi connectivity index (χ4n) is 2.15. The Kier molecular flexibility index (Phi) is 4.70. The SMILES string of the molecule is CCOc1cc(Cl)c(C(=O)C2CCC2)cc1OCC. The number of ether oxygens (including phenoxy) is 2. The highest BCUT2D eigenvalue weighted by Gasteiger charge is 2.28. The number of halogens is 1. The highest BCUT2D eigenvalue weighted by Crippen LogP contribution is 2.37. The Morgan fingerprint density at radius 2 is 1.79 bits per heavy atom. The average molecular weight is 283 g/mol. The second-order valence-electron chi connectivity index (χ2n) is 4.64. The second-order valence-corrected chi connectivity index (χ2v) is 5.04. The Balaban J connectivity index is 2.32. The molecule has 1 saturated carbocycles. The van der Waals surface area contributed by atoms with Gasteiger partial charge >= 0.3 is 0 Å². The maximum Gasteiger partial charge on any atom is 0.167 e. The topological polar surface area (TPSA) is 35.5 Å². The molecular formula is C15H19ClO3. The molecule has 0 saturated heterocycles. The molecule has 1 aliphatic carbocycles. The molecule has 0 aromatic heterocycles. The van der Waals surface area contributed by atoms with Crippen LogP contribution in [0.4, 0.5) is 0 Å². The highest BCUT2D eigenvalue weighted by molar-refractivity contribution is 6.34. The predicted octanol–water partition coefficient (Wildman–Crippen LogP) is 4.12. The highest BCUT2D eigenvalue weighted by atomic mass is 35.5. The van der Waals surface area contributed by atoms with Crippen molar-refractivity contribution in [1.82, 2.24) is 0 Å². The zero-order chi connectivity index (χ0) is 13.8. The van der Waals surface area contributed by atoms with Crippen molar-refractivity contribution < 1.29 is 14.3 Å². The van der Waals surface area contributed by atoms with Crippen molar-refractivity contribution in [3.8, 4) is 11.5 Å². The van der Waals surface area contributed by atoms with Crippen molar-refractivity contribution in [2.45, 2.75) is 33.1 Å². The van der Waals surface area contributed by atoms with E-state index < -0.39 is 0 Å². The fourth-order valence-corrected chi connectivity index (χ4v) is 2.40. The standard InChI is InChI=1S/C15H19ClO3/c1-3-18-13-8-11(15(17)10-6-5-7-10)12(16)9-14(13)19-4-2/h8-10H,3-7H2,1-2H3. The molecule has 2 rings (SSSR count). The number of benzene rings is 1. The van der Waals surface area contributed by atoms with Gasteiger partial charge in [-0.25, -0.2) is 0 Å². The summed E-state index contributed by atoms with van der Waals surface area (Å²) in [7, 11) is 0. The van der Waals surface area contributed by atoms with Crippen molar-refractivity contribution in [3.05, 3.63) is 22.7 Å². The predicted molar refractivity (Wildman–Crippen MR) is 75.5 cm³/mol. The van der Waals surface area contributed by atoms with Gasteiger partial charge in [-0.1, -0.05) is 18.0 Å². The van der Waals surface area contributed by atoms with Gasteiger partial charge in [-0.15, -0.1) is 0 Å². The lowest BCUT2D eigenvalue weighted by Gasteiger charge is -2.24. The second kappa shape index (κ2) is 6.29. The minimum Gasteiger partial charge on any atom is -0.490 e. The summed E-state index contributed by atoms with van der Waals surface area (Å²) < 4.78 is 11.0. The van der Waals surface area contributed by atoms with Crippen LogP contribution in [0.2, 0.25) is 5.02 Å². The van der Waals surface area contributed by atoms with Gasteiger partial charge in [0.1, 0.15) is 0 Å². The molecule has 0 heterocycles. The Morgan fingerprint density at radius 1 is 1.21 bits per heavy atom. The van der Waals surface area contributed by atoms with Gasteiger partial charge in [-0.2, -0.15) is 0 Å². The van der Waals surface area contributed by atoms with Crippen LogP contribution in [0.3, 0.4) is 0 Å². The lowest BCUT2D eigenvalue weighted by atomic mass is 9.80. The molecule has 1 aromatic rings. The fraction of sp³-hybridized carbons (Fsp3) is 0.533. The molecule has 0 aliphatic heterocycles. The van der Waals surface area contributed by atoms with E-state index in [0.717, 1.165) is 19.3 Å². The van der Waals surface area contributed by atoms with Crippen molar-refractivity contribution in [3.63, 3.8) is 0 Å². The Hall–Kier alpha value is -1.22. The third-order valence-corrected chi connectivity index (χ3v) is 3.69. The molecule has 1 aromatic carbocycles. The summed E-state index contributed by atoms with van der Waals surface area (Å²) >= 11 is 6.20. The molecule has 0 bridgehead atoms. The first kappa shape index (κ1) is 14.2. The van der Waals surface area contributed by atoms with Crippen LogP contribution in [0.1, 0.15) is 43.5 Å². The maximum atomic E-state index is 12.3. The summed E-state index contributed by atoms with van der Waals surface area (Å²) in [5, 5.41) is 0.448. The molecule has 0 spiro atoms. The van der Waals surface area contributed by atoms with Crippen molar-refractivity contribution in [2.24, 2.45) is 5.92 Å². The smallest absolute Gasteiger partial charge is 0.167 e. The van der Waals surface area contributed by atoms with E-state index in [0.29, 0.717) is 35.3 Å². The third-order valence-electron chi connectivity index (χ3n) is 3.37. The number of hydrogen-bond acceptors (Lipinski definition) is 3. The molecule has 19 heavy (non-hydrogen) atoms. The summed E-state index contributed by atoms with van der Waals surface area (Å²) in [6.45, 7) is 4.86. The quantitative estimate of drug-likeness (QED) is 0.736. The first-order valence-corrected chi connectivity index (χ1v) is 7.18. The van der Waals surface area contributed by atoms with E-state index in [2.05, 4.69) is 0 Å². The van der Waals surface area contributed by atoms with Crippen LogP contribution in [0.15, 0.2) is 12.1 Å². The summed E-state index contributed by atoms with van der Waals surface area (Å²) in [6.07, 6.45) is 3.06. The Morgan fingerprint density at radius 3 is 2.26 bits per heavy atom. The molecule has 0 N–H and O–H groups in total. The molecule has 1 aliphatic rings. The van der Waals surface area contributed by atoms with Gasteiger partial charge in [-0.05, 0) is 32.8 Å². The number of carbonyl (C=O) groups excluding carboxylic acids is 1. The van der Waals surface area contributed by atoms with Crippen molar-refractivity contribution >= 4 is 17.4 Å². The minimum atomic E-state index is 0.125. The van der Waals surface area contributed by atoms with Crippen LogP contribution in [-0.4, -0.2) is 19.0 Å². The van der Waals surface area contributed by atoms with Crippen LogP contribution in [0, 0.1) is 5.92 Å². The zero-order valence-corrected chi connectivity index (χ0v) is 12.1. The van der Waals surface area contributed by atoms with E-state index in [1.165, 1.54) is 0 Å². The first-order valence-electron chi connectivity index (χ1n) is 6.80. The molecule has 1 fully saturated rings. The molecular weight excluding hydrogens is 264 g/mol. The molecule has 4 heteroatoms. The molecule has 0 amide bonds. The summed E-state index contributed by atoms with van der Waals surface area (Å²) in [5.74, 6) is 1.45. The van der Waals surface area contributed by atoms with E-state index in [9.17, 15) is 4.79 Å². The number of carbonyl (C=O) groups is 1. The summed E-state index contributed by atoms with van der Waals surface area (Å²) in [4.78, 5) is 12.3. The molecule has 0 unspecified atom stereocenters. The van der Waals surface area contributed by atoms with E-state index in [-0.39, 0.29) is 11.7 Å². The van der Waals surface area contributed by atoms with Crippen LogP contribution in [-0.2, 0) is 0 Å². The molecule has 3 nitrogen and oxygen atoms in total. The van der Waals surface area contributed by atoms with Crippen LogP contribution in [0.25, 0.3) is 0 Å². The van der Waals surface area contributed by atoms with E-state index in [1.807, 2.05) is 13.8 Å². The zero-order valence-electron chi connectivity index (χ0n) is 11.4. The van der Waals surface area contributed by atoms with Crippen molar-refractivity contribution in [2.75, 3.05) is 13.2 Å². The van der Waals surface area contributed by atoms with Gasteiger partial charge in [0, 0.05) is 17.5 Å². The van der Waals surface area contributed by atoms with E-state index >= 15 is 0 Å². The van der Waals surface area contributed by atoms with Gasteiger partial charge in [0.2, 0.25) is 0 Å². The molecule has 0 atom stereocenters. The normalized spacial score (nSPS) is 14.9. The van der Waals surface area contributed by atoms with Gasteiger partial charge in [0.25, 0.3) is 0 Å². The maximum absolute atomic E-state index is 12.3. The van der Waals surface area contributed by atoms with Crippen molar-refractivity contribution in [1.29, 1.82) is 0 Å². The Labute approximate surface area is 118 Å². The van der Waals surface area contributed by atoms with Gasteiger partial charge in [0.15, 0.2) is 17.3 Å². The number of hydrogen-bond donors (Lipinski definition) is 0. The third kappa shape index (κ3) is 3.03. The minimum absolute atomic E-state index is 0.125. The van der Waals surface area contributed by atoms with Gasteiger partial charge < -0.3 is 9.47 Å². The first-order chi connectivity index (χ1) is 9.17. The monoisotopic (exact) mass is 282 g/mol. The Bertz CT molecular complexity index is 467. The summed E-state index contributed by atoms with van der Waals surface area (Å²) in [6, 6.07) is 3.40. The van der Waals surface area contributed by atoms with Crippen LogP contribution < -0.4 is 9.47 Å². The molecule has 0 radical (unpaired) electrons. The van der Waals surface area contributed by atoms with Crippen LogP contribution >= 0.6 is 11.6 Å². The molecule has 104 valence electrons. The summed E-state index contributed by atoms with van der Waals surface area (Å²) in [5.41, 5.74) is 0.554. The lowest BCUT2D eigenvalue weighted by molar-refractivity contribution is 0.0855. The average Bonchev–Trinajstić information content (AvgIpc) is 2.30.